The second kappa shape index (κ2) is 7.57. The fourth-order valence-electron chi connectivity index (χ4n) is 4.36. The van der Waals surface area contributed by atoms with Crippen LogP contribution in [-0.4, -0.2) is 5.78 Å². The highest BCUT2D eigenvalue weighted by Crippen LogP contribution is 2.45. The molecule has 0 saturated heterocycles. The van der Waals surface area contributed by atoms with Crippen LogP contribution in [0.3, 0.4) is 0 Å². The topological polar surface area (TPSA) is 41.1 Å². The average Bonchev–Trinajstić information content (AvgIpc) is 3.22. The molecule has 0 amide bonds. The van der Waals surface area contributed by atoms with E-state index in [1.54, 1.807) is 17.4 Å². The Morgan fingerprint density at radius 1 is 0.935 bits per heavy atom. The second-order valence-electron chi connectivity index (χ2n) is 7.81. The molecule has 0 spiro atoms. The first kappa shape index (κ1) is 19.9. The van der Waals surface area contributed by atoms with E-state index in [2.05, 4.69) is 10.6 Å². The molecule has 0 saturated carbocycles. The van der Waals surface area contributed by atoms with E-state index < -0.39 is 17.8 Å². The Kier molecular flexibility index (Phi) is 4.85. The summed E-state index contributed by atoms with van der Waals surface area (Å²) in [5.74, 6) is 0.0149. The molecule has 0 unspecified atom stereocenters. The smallest absolute Gasteiger partial charge is 0.372 e. The summed E-state index contributed by atoms with van der Waals surface area (Å²) in [5.41, 5.74) is 2.55. The number of Topliss-reactive ketones (excluding diaryl/α,β-unsaturated/α-hetero) is 1. The van der Waals surface area contributed by atoms with Gasteiger partial charge in [0.25, 0.3) is 0 Å². The monoisotopic (exact) mass is 440 g/mol. The molecule has 0 bridgehead atoms. The third kappa shape index (κ3) is 3.74. The molecule has 3 nitrogen and oxygen atoms in total. The second-order valence-corrected chi connectivity index (χ2v) is 8.79. The van der Waals surface area contributed by atoms with Gasteiger partial charge in [-0.05, 0) is 47.7 Å². The highest BCUT2D eigenvalue weighted by Gasteiger charge is 2.37. The number of alkyl halides is 3. The normalized spacial score (nSPS) is 20.9. The first-order chi connectivity index (χ1) is 14.9. The molecule has 3 aromatic rings. The van der Waals surface area contributed by atoms with Crippen molar-refractivity contribution in [1.29, 1.82) is 0 Å². The van der Waals surface area contributed by atoms with Gasteiger partial charge in [-0.2, -0.15) is 13.2 Å². The molecule has 2 atom stereocenters. The van der Waals surface area contributed by atoms with Gasteiger partial charge in [0, 0.05) is 28.5 Å². The maximum absolute atomic E-state index is 13.4. The molecule has 1 aliphatic carbocycles. The largest absolute Gasteiger partial charge is 0.416 e. The number of benzene rings is 2. The lowest BCUT2D eigenvalue weighted by Gasteiger charge is -2.29. The van der Waals surface area contributed by atoms with Crippen molar-refractivity contribution in [3.05, 3.63) is 93.3 Å². The van der Waals surface area contributed by atoms with E-state index in [1.165, 1.54) is 6.07 Å². The third-order valence-corrected chi connectivity index (χ3v) is 6.84. The number of hydrogen-bond acceptors (Lipinski definition) is 4. The van der Waals surface area contributed by atoms with Gasteiger partial charge in [0.15, 0.2) is 5.78 Å². The molecule has 158 valence electrons. The van der Waals surface area contributed by atoms with Crippen molar-refractivity contribution in [3.8, 4) is 0 Å². The average molecular weight is 440 g/mol. The van der Waals surface area contributed by atoms with Gasteiger partial charge in [-0.25, -0.2) is 0 Å². The summed E-state index contributed by atoms with van der Waals surface area (Å²) in [7, 11) is 0. The number of ketones is 1. The molecule has 2 heterocycles. The van der Waals surface area contributed by atoms with Crippen molar-refractivity contribution in [1.82, 2.24) is 0 Å². The lowest BCUT2D eigenvalue weighted by molar-refractivity contribution is -0.137. The van der Waals surface area contributed by atoms with Gasteiger partial charge in [0.05, 0.1) is 23.0 Å². The van der Waals surface area contributed by atoms with Crippen LogP contribution in [0.5, 0.6) is 0 Å². The quantitative estimate of drug-likeness (QED) is 0.463. The fourth-order valence-corrected chi connectivity index (χ4v) is 5.19. The molecule has 1 aromatic heterocycles. The Bertz CT molecular complexity index is 1170. The van der Waals surface area contributed by atoms with Crippen molar-refractivity contribution >= 4 is 28.5 Å². The summed E-state index contributed by atoms with van der Waals surface area (Å²) in [4.78, 5) is 14.5. The zero-order valence-electron chi connectivity index (χ0n) is 16.4. The molecule has 2 aliphatic rings. The highest BCUT2D eigenvalue weighted by molar-refractivity contribution is 7.10. The first-order valence-corrected chi connectivity index (χ1v) is 10.9. The van der Waals surface area contributed by atoms with Crippen LogP contribution in [0.15, 0.2) is 77.3 Å². The van der Waals surface area contributed by atoms with E-state index in [4.69, 9.17) is 0 Å². The minimum Gasteiger partial charge on any atom is -0.372 e. The van der Waals surface area contributed by atoms with Crippen LogP contribution < -0.4 is 10.6 Å². The minimum atomic E-state index is -4.45. The Hall–Kier alpha value is -3.06. The number of allylic oxidation sites excluding steroid dienone is 1. The molecule has 2 aromatic carbocycles. The van der Waals surface area contributed by atoms with E-state index >= 15 is 0 Å². The molecule has 2 N–H and O–H groups in total. The minimum absolute atomic E-state index is 0.0464. The number of carbonyl (C=O) groups excluding carboxylic acids is 1. The summed E-state index contributed by atoms with van der Waals surface area (Å²) in [6, 6.07) is 16.1. The lowest BCUT2D eigenvalue weighted by Crippen LogP contribution is -2.26. The van der Waals surface area contributed by atoms with Gasteiger partial charge in [-0.15, -0.1) is 11.3 Å². The number of para-hydroxylation sites is 2. The number of nitrogens with one attached hydrogen (secondary N) is 2. The van der Waals surface area contributed by atoms with E-state index in [0.29, 0.717) is 24.0 Å². The summed E-state index contributed by atoms with van der Waals surface area (Å²) in [5, 5.41) is 8.73. The van der Waals surface area contributed by atoms with Crippen LogP contribution in [0, 0.1) is 0 Å². The first-order valence-electron chi connectivity index (χ1n) is 9.99. The van der Waals surface area contributed by atoms with Crippen LogP contribution >= 0.6 is 11.3 Å². The third-order valence-electron chi connectivity index (χ3n) is 5.80. The lowest BCUT2D eigenvalue weighted by atomic mass is 9.80. The molecule has 0 radical (unpaired) electrons. The van der Waals surface area contributed by atoms with E-state index in [9.17, 15) is 18.0 Å². The van der Waals surface area contributed by atoms with E-state index in [0.717, 1.165) is 34.1 Å². The van der Waals surface area contributed by atoms with Crippen LogP contribution in [0.25, 0.3) is 0 Å². The molecule has 1 aliphatic heterocycles. The Morgan fingerprint density at radius 2 is 1.74 bits per heavy atom. The summed E-state index contributed by atoms with van der Waals surface area (Å²) >= 11 is 1.62. The van der Waals surface area contributed by atoms with Gasteiger partial charge in [0.2, 0.25) is 0 Å². The maximum atomic E-state index is 13.4. The van der Waals surface area contributed by atoms with Crippen molar-refractivity contribution in [2.75, 3.05) is 10.6 Å². The van der Waals surface area contributed by atoms with Gasteiger partial charge in [-0.1, -0.05) is 30.3 Å². The van der Waals surface area contributed by atoms with Crippen molar-refractivity contribution in [2.24, 2.45) is 0 Å². The molecule has 5 rings (SSSR count). The standard InChI is InChI=1S/C24H19F3N2OS/c25-24(26,27)16-6-3-5-14(11-16)23-22-19(28-17-7-1-2-8-18(17)29-23)12-15(13-20(22)30)21-9-4-10-31-21/h1-11,15,23,28-29H,12-13H2/t15-,23-/m1/s1. The van der Waals surface area contributed by atoms with Crippen molar-refractivity contribution in [2.45, 2.75) is 31.0 Å². The predicted octanol–water partition coefficient (Wildman–Crippen LogP) is 6.75. The van der Waals surface area contributed by atoms with Crippen LogP contribution in [0.1, 0.15) is 40.8 Å². The zero-order valence-corrected chi connectivity index (χ0v) is 17.2. The zero-order chi connectivity index (χ0) is 21.6. The van der Waals surface area contributed by atoms with Crippen LogP contribution in [0.2, 0.25) is 0 Å². The van der Waals surface area contributed by atoms with Gasteiger partial charge in [0.1, 0.15) is 0 Å². The fraction of sp³-hybridized carbons (Fsp3) is 0.208. The molecule has 7 heteroatoms. The number of hydrogen-bond donors (Lipinski definition) is 2. The number of fused-ring (bicyclic) bond motifs is 1. The Balaban J connectivity index is 1.63. The number of anilines is 2. The number of carbonyl (C=O) groups is 1. The van der Waals surface area contributed by atoms with E-state index in [1.807, 2.05) is 41.8 Å². The van der Waals surface area contributed by atoms with Gasteiger partial charge in [-0.3, -0.25) is 4.79 Å². The summed E-state index contributed by atoms with van der Waals surface area (Å²) < 4.78 is 40.1. The molecule has 31 heavy (non-hydrogen) atoms. The Labute approximate surface area is 181 Å². The number of halogens is 3. The van der Waals surface area contributed by atoms with Gasteiger partial charge >= 0.3 is 6.18 Å². The number of rotatable bonds is 2. The maximum Gasteiger partial charge on any atom is 0.416 e. The highest BCUT2D eigenvalue weighted by atomic mass is 32.1. The van der Waals surface area contributed by atoms with Gasteiger partial charge < -0.3 is 10.6 Å². The molecule has 0 fully saturated rings. The number of thiophene rings is 1. The predicted molar refractivity (Wildman–Crippen MR) is 116 cm³/mol. The SMILES string of the molecule is O=C1C[C@H](c2cccs2)CC2=C1[C@@H](c1cccc(C(F)(F)F)c1)Nc1ccccc1N2. The molecular formula is C24H19F3N2OS. The van der Waals surface area contributed by atoms with Crippen molar-refractivity contribution in [3.63, 3.8) is 0 Å². The molecular weight excluding hydrogens is 421 g/mol. The van der Waals surface area contributed by atoms with Crippen LogP contribution in [0.4, 0.5) is 24.5 Å². The van der Waals surface area contributed by atoms with E-state index in [-0.39, 0.29) is 11.7 Å². The Morgan fingerprint density at radius 3 is 2.48 bits per heavy atom. The van der Waals surface area contributed by atoms with Crippen LogP contribution in [-0.2, 0) is 11.0 Å². The van der Waals surface area contributed by atoms with Crippen molar-refractivity contribution < 1.29 is 18.0 Å². The summed E-state index contributed by atoms with van der Waals surface area (Å²) in [6.45, 7) is 0. The summed E-state index contributed by atoms with van der Waals surface area (Å²) in [6.07, 6.45) is -3.48.